The molecule has 4 nitrogen and oxygen atoms in total. The minimum Gasteiger partial charge on any atom is -0.504 e. The van der Waals surface area contributed by atoms with Gasteiger partial charge < -0.3 is 19.7 Å². The highest BCUT2D eigenvalue weighted by atomic mass is 79.9. The molecule has 7 heteroatoms. The Balaban J connectivity index is 2.20. The van der Waals surface area contributed by atoms with E-state index in [4.69, 9.17) is 9.47 Å². The number of unbranched alkanes of at least 4 members (excludes halogenated alkanes) is 2. The SMILES string of the molecule is CCCCc1c(O)c(O)c(CCCC)c2c1Oc1cc(Br)c(Br)c(Br)c1O2. The quantitative estimate of drug-likeness (QED) is 0.235. The number of aromatic hydroxyl groups is 2. The van der Waals surface area contributed by atoms with E-state index in [-0.39, 0.29) is 11.5 Å². The number of fused-ring (bicyclic) bond motifs is 2. The molecule has 2 N–H and O–H groups in total. The molecule has 3 rings (SSSR count). The fourth-order valence-corrected chi connectivity index (χ4v) is 4.56. The van der Waals surface area contributed by atoms with Gasteiger partial charge in [0.1, 0.15) is 0 Å². The zero-order chi connectivity index (χ0) is 19.7. The molecule has 0 unspecified atom stereocenters. The van der Waals surface area contributed by atoms with E-state index in [2.05, 4.69) is 61.6 Å². The highest BCUT2D eigenvalue weighted by Crippen LogP contribution is 2.58. The van der Waals surface area contributed by atoms with Crippen molar-refractivity contribution in [3.63, 3.8) is 0 Å². The molecule has 146 valence electrons. The lowest BCUT2D eigenvalue weighted by molar-refractivity contribution is 0.332. The Hall–Kier alpha value is -0.920. The Morgan fingerprint density at radius 3 is 1.81 bits per heavy atom. The van der Waals surface area contributed by atoms with Crippen LogP contribution in [0.2, 0.25) is 0 Å². The average molecular weight is 565 g/mol. The van der Waals surface area contributed by atoms with E-state index in [0.717, 1.165) is 39.1 Å². The minimum absolute atomic E-state index is 0.101. The summed E-state index contributed by atoms with van der Waals surface area (Å²) >= 11 is 10.6. The van der Waals surface area contributed by atoms with Crippen molar-refractivity contribution in [1.29, 1.82) is 0 Å². The Morgan fingerprint density at radius 2 is 1.30 bits per heavy atom. The molecule has 2 aromatic rings. The van der Waals surface area contributed by atoms with Crippen molar-refractivity contribution in [2.24, 2.45) is 0 Å². The molecule has 0 radical (unpaired) electrons. The van der Waals surface area contributed by atoms with Crippen molar-refractivity contribution >= 4 is 47.8 Å². The number of hydrogen-bond donors (Lipinski definition) is 2. The van der Waals surface area contributed by atoms with E-state index in [1.54, 1.807) is 0 Å². The highest BCUT2D eigenvalue weighted by molar-refractivity contribution is 9.14. The molecule has 2 aromatic carbocycles. The fourth-order valence-electron chi connectivity index (χ4n) is 3.10. The van der Waals surface area contributed by atoms with E-state index in [0.29, 0.717) is 47.0 Å². The minimum atomic E-state index is -0.104. The van der Waals surface area contributed by atoms with Crippen molar-refractivity contribution in [3.8, 4) is 34.5 Å². The van der Waals surface area contributed by atoms with Crippen LogP contribution in [0.5, 0.6) is 34.5 Å². The van der Waals surface area contributed by atoms with Crippen molar-refractivity contribution in [1.82, 2.24) is 0 Å². The Labute approximate surface area is 184 Å². The summed E-state index contributed by atoms with van der Waals surface area (Å²) < 4.78 is 14.8. The molecule has 0 spiro atoms. The van der Waals surface area contributed by atoms with E-state index in [1.165, 1.54) is 0 Å². The summed E-state index contributed by atoms with van der Waals surface area (Å²) in [5.41, 5.74) is 1.17. The summed E-state index contributed by atoms with van der Waals surface area (Å²) in [5.74, 6) is 1.88. The van der Waals surface area contributed by atoms with Crippen molar-refractivity contribution < 1.29 is 19.7 Å². The molecule has 0 saturated carbocycles. The maximum Gasteiger partial charge on any atom is 0.185 e. The molecule has 0 aromatic heterocycles. The predicted molar refractivity (Wildman–Crippen MR) is 117 cm³/mol. The molecule has 0 bridgehead atoms. The largest absolute Gasteiger partial charge is 0.504 e. The van der Waals surface area contributed by atoms with Crippen LogP contribution in [0.15, 0.2) is 19.5 Å². The first kappa shape index (κ1) is 20.8. The van der Waals surface area contributed by atoms with Gasteiger partial charge in [0.2, 0.25) is 0 Å². The van der Waals surface area contributed by atoms with Gasteiger partial charge in [0, 0.05) is 26.1 Å². The standard InChI is InChI=1S/C20H21Br3O4/c1-3-5-7-10-16(24)17(25)11(8-6-4-2)19-18(10)26-13-9-12(21)14(22)15(23)20(13)27-19/h9,24-25H,3-8H2,1-2H3. The maximum atomic E-state index is 10.7. The summed E-state index contributed by atoms with van der Waals surface area (Å²) in [7, 11) is 0. The van der Waals surface area contributed by atoms with E-state index >= 15 is 0 Å². The van der Waals surface area contributed by atoms with Gasteiger partial charge in [-0.2, -0.15) is 0 Å². The van der Waals surface area contributed by atoms with Gasteiger partial charge in [0.25, 0.3) is 0 Å². The van der Waals surface area contributed by atoms with Gasteiger partial charge in [0.15, 0.2) is 34.5 Å². The predicted octanol–water partition coefficient (Wildman–Crippen LogP) is 7.97. The number of rotatable bonds is 6. The van der Waals surface area contributed by atoms with Gasteiger partial charge in [-0.3, -0.25) is 0 Å². The summed E-state index contributed by atoms with van der Waals surface area (Å²) in [5, 5.41) is 21.3. The van der Waals surface area contributed by atoms with Crippen LogP contribution in [0.4, 0.5) is 0 Å². The maximum absolute atomic E-state index is 10.7. The van der Waals surface area contributed by atoms with Gasteiger partial charge in [-0.15, -0.1) is 0 Å². The van der Waals surface area contributed by atoms with Crippen LogP contribution in [0.25, 0.3) is 0 Å². The lowest BCUT2D eigenvalue weighted by Gasteiger charge is -2.27. The molecular weight excluding hydrogens is 544 g/mol. The number of halogens is 3. The molecular formula is C20H21Br3O4. The Morgan fingerprint density at radius 1 is 0.778 bits per heavy atom. The molecule has 0 aliphatic carbocycles. The van der Waals surface area contributed by atoms with Crippen LogP contribution in [-0.2, 0) is 12.8 Å². The molecule has 0 atom stereocenters. The zero-order valence-electron chi connectivity index (χ0n) is 15.2. The fraction of sp³-hybridized carbons (Fsp3) is 0.400. The second-order valence-electron chi connectivity index (χ2n) is 6.54. The number of phenols is 2. The van der Waals surface area contributed by atoms with Crippen LogP contribution in [-0.4, -0.2) is 10.2 Å². The molecule has 27 heavy (non-hydrogen) atoms. The van der Waals surface area contributed by atoms with Crippen LogP contribution in [0.1, 0.15) is 50.7 Å². The van der Waals surface area contributed by atoms with Crippen LogP contribution in [0, 0.1) is 0 Å². The number of benzene rings is 2. The lowest BCUT2D eigenvalue weighted by atomic mass is 9.97. The highest BCUT2D eigenvalue weighted by Gasteiger charge is 2.32. The number of ether oxygens (including phenoxy) is 2. The molecule has 0 saturated heterocycles. The Kier molecular flexibility index (Phi) is 6.64. The number of hydrogen-bond acceptors (Lipinski definition) is 4. The molecule has 0 fully saturated rings. The van der Waals surface area contributed by atoms with E-state index < -0.39 is 0 Å². The van der Waals surface area contributed by atoms with Gasteiger partial charge in [0.05, 0.1) is 4.47 Å². The molecule has 1 aliphatic heterocycles. The summed E-state index contributed by atoms with van der Waals surface area (Å²) in [6.07, 6.45) is 4.87. The second kappa shape index (κ2) is 8.62. The summed E-state index contributed by atoms with van der Waals surface area (Å²) in [4.78, 5) is 0. The molecule has 1 heterocycles. The van der Waals surface area contributed by atoms with Crippen molar-refractivity contribution in [3.05, 3.63) is 30.6 Å². The van der Waals surface area contributed by atoms with Crippen molar-refractivity contribution in [2.45, 2.75) is 52.4 Å². The second-order valence-corrected chi connectivity index (χ2v) is 8.98. The number of phenolic OH excluding ortho intramolecular Hbond substituents is 2. The summed E-state index contributed by atoms with van der Waals surface area (Å²) in [6.45, 7) is 4.16. The smallest absolute Gasteiger partial charge is 0.185 e. The van der Waals surface area contributed by atoms with Crippen LogP contribution < -0.4 is 9.47 Å². The van der Waals surface area contributed by atoms with Gasteiger partial charge >= 0.3 is 0 Å². The zero-order valence-corrected chi connectivity index (χ0v) is 19.9. The third kappa shape index (κ3) is 3.83. The van der Waals surface area contributed by atoms with Crippen LogP contribution in [0.3, 0.4) is 0 Å². The third-order valence-corrected chi connectivity index (χ3v) is 7.88. The van der Waals surface area contributed by atoms with E-state index in [9.17, 15) is 10.2 Å². The first-order valence-corrected chi connectivity index (χ1v) is 11.4. The molecule has 0 amide bonds. The Bertz CT molecular complexity index is 881. The van der Waals surface area contributed by atoms with E-state index in [1.807, 2.05) is 6.07 Å². The van der Waals surface area contributed by atoms with Crippen molar-refractivity contribution in [2.75, 3.05) is 0 Å². The first-order chi connectivity index (χ1) is 12.9. The normalized spacial score (nSPS) is 12.2. The van der Waals surface area contributed by atoms with Gasteiger partial charge in [-0.25, -0.2) is 0 Å². The lowest BCUT2D eigenvalue weighted by Crippen LogP contribution is -2.07. The monoisotopic (exact) mass is 562 g/mol. The molecule has 1 aliphatic rings. The van der Waals surface area contributed by atoms with Gasteiger partial charge in [-0.1, -0.05) is 26.7 Å². The third-order valence-electron chi connectivity index (χ3n) is 4.61. The van der Waals surface area contributed by atoms with Gasteiger partial charge in [-0.05, 0) is 73.5 Å². The topological polar surface area (TPSA) is 58.9 Å². The average Bonchev–Trinajstić information content (AvgIpc) is 2.66. The first-order valence-electron chi connectivity index (χ1n) is 9.03. The summed E-state index contributed by atoms with van der Waals surface area (Å²) in [6, 6.07) is 1.83. The van der Waals surface area contributed by atoms with Crippen LogP contribution >= 0.6 is 47.8 Å².